The average Bonchev–Trinajstić information content (AvgIpc) is 2.29. The molecular weight excluding hydrogens is 208 g/mol. The first-order valence-electron chi connectivity index (χ1n) is 7.15. The topological polar surface area (TPSA) is 35.8 Å². The van der Waals surface area contributed by atoms with Crippen LogP contribution in [0.3, 0.4) is 0 Å². The van der Waals surface area contributed by atoms with Crippen molar-refractivity contribution in [3.05, 3.63) is 0 Å². The van der Waals surface area contributed by atoms with Crippen LogP contribution in [0.2, 0.25) is 0 Å². The molecular formula is C15H28N2. The van der Waals surface area contributed by atoms with E-state index in [2.05, 4.69) is 18.3 Å². The van der Waals surface area contributed by atoms with Gasteiger partial charge in [0, 0.05) is 0 Å². The predicted molar refractivity (Wildman–Crippen MR) is 72.6 cm³/mol. The Morgan fingerprint density at radius 3 is 2.71 bits per heavy atom. The molecule has 17 heavy (non-hydrogen) atoms. The zero-order valence-corrected chi connectivity index (χ0v) is 11.8. The largest absolute Gasteiger partial charge is 0.317 e. The van der Waals surface area contributed by atoms with Crippen molar-refractivity contribution in [1.29, 1.82) is 5.26 Å². The number of hydrogen-bond acceptors (Lipinski definition) is 2. The first-order valence-corrected chi connectivity index (χ1v) is 7.15. The number of nitriles is 1. The van der Waals surface area contributed by atoms with Gasteiger partial charge in [-0.15, -0.1) is 0 Å². The monoisotopic (exact) mass is 236 g/mol. The maximum atomic E-state index is 8.91. The molecule has 1 rings (SSSR count). The highest BCUT2D eigenvalue weighted by atomic mass is 14.8. The molecule has 0 aliphatic heterocycles. The first-order chi connectivity index (χ1) is 8.03. The van der Waals surface area contributed by atoms with Gasteiger partial charge in [-0.25, -0.2) is 0 Å². The van der Waals surface area contributed by atoms with Crippen LogP contribution in [0.25, 0.3) is 0 Å². The smallest absolute Gasteiger partial charge is 0.0684 e. The van der Waals surface area contributed by atoms with Crippen molar-refractivity contribution in [2.45, 2.75) is 59.3 Å². The summed E-state index contributed by atoms with van der Waals surface area (Å²) in [6.45, 7) is 8.51. The Hall–Kier alpha value is -0.550. The van der Waals surface area contributed by atoms with Crippen molar-refractivity contribution in [3.63, 3.8) is 0 Å². The highest BCUT2D eigenvalue weighted by molar-refractivity contribution is 4.91. The highest BCUT2D eigenvalue weighted by Crippen LogP contribution is 2.30. The lowest BCUT2D eigenvalue weighted by Crippen LogP contribution is -2.25. The van der Waals surface area contributed by atoms with Crippen molar-refractivity contribution in [1.82, 2.24) is 5.32 Å². The zero-order valence-electron chi connectivity index (χ0n) is 11.8. The summed E-state index contributed by atoms with van der Waals surface area (Å²) in [4.78, 5) is 0. The van der Waals surface area contributed by atoms with E-state index >= 15 is 0 Å². The molecule has 0 aromatic heterocycles. The summed E-state index contributed by atoms with van der Waals surface area (Å²) in [7, 11) is 0. The normalized spacial score (nSPS) is 25.5. The van der Waals surface area contributed by atoms with Crippen LogP contribution in [0.1, 0.15) is 59.3 Å². The molecule has 0 aromatic rings. The van der Waals surface area contributed by atoms with E-state index in [1.54, 1.807) is 0 Å². The van der Waals surface area contributed by atoms with E-state index in [9.17, 15) is 0 Å². The van der Waals surface area contributed by atoms with Gasteiger partial charge >= 0.3 is 0 Å². The minimum Gasteiger partial charge on any atom is -0.317 e. The molecule has 0 bridgehead atoms. The Morgan fingerprint density at radius 1 is 1.29 bits per heavy atom. The van der Waals surface area contributed by atoms with Crippen molar-refractivity contribution in [3.8, 4) is 6.07 Å². The number of rotatable bonds is 6. The van der Waals surface area contributed by atoms with Crippen LogP contribution in [0.4, 0.5) is 0 Å². The van der Waals surface area contributed by atoms with Crippen LogP contribution in [-0.4, -0.2) is 13.1 Å². The molecule has 2 nitrogen and oxygen atoms in total. The molecule has 1 fully saturated rings. The maximum absolute atomic E-state index is 8.91. The third-order valence-corrected chi connectivity index (χ3v) is 4.00. The predicted octanol–water partition coefficient (Wildman–Crippen LogP) is 3.73. The lowest BCUT2D eigenvalue weighted by atomic mass is 9.81. The van der Waals surface area contributed by atoms with Crippen LogP contribution in [0, 0.1) is 28.6 Å². The third kappa shape index (κ3) is 6.07. The van der Waals surface area contributed by atoms with Crippen molar-refractivity contribution in [2.75, 3.05) is 13.1 Å². The second kappa shape index (κ2) is 7.01. The molecule has 0 radical (unpaired) electrons. The van der Waals surface area contributed by atoms with Crippen LogP contribution >= 0.6 is 0 Å². The number of nitrogens with one attached hydrogen (secondary N) is 1. The standard InChI is InChI=1S/C15H28N2/c1-13-5-4-6-14(11-13)7-9-17-10-8-15(2,3)12-16/h13-14,17H,4-11H2,1-3H3. The lowest BCUT2D eigenvalue weighted by Gasteiger charge is -2.26. The minimum atomic E-state index is -0.174. The van der Waals surface area contributed by atoms with E-state index < -0.39 is 0 Å². The molecule has 0 heterocycles. The number of nitrogens with zero attached hydrogens (tertiary/aromatic N) is 1. The van der Waals surface area contributed by atoms with Crippen LogP contribution < -0.4 is 5.32 Å². The van der Waals surface area contributed by atoms with E-state index in [1.807, 2.05) is 13.8 Å². The molecule has 0 saturated heterocycles. The van der Waals surface area contributed by atoms with Crippen LogP contribution in [-0.2, 0) is 0 Å². The Bertz CT molecular complexity index is 252. The zero-order chi connectivity index (χ0) is 12.7. The molecule has 2 heteroatoms. The minimum absolute atomic E-state index is 0.174. The van der Waals surface area contributed by atoms with Crippen molar-refractivity contribution >= 4 is 0 Å². The van der Waals surface area contributed by atoms with E-state index in [4.69, 9.17) is 5.26 Å². The van der Waals surface area contributed by atoms with E-state index in [0.717, 1.165) is 31.3 Å². The molecule has 1 saturated carbocycles. The Kier molecular flexibility index (Phi) is 5.98. The second-order valence-corrected chi connectivity index (χ2v) is 6.42. The fourth-order valence-electron chi connectivity index (χ4n) is 2.71. The summed E-state index contributed by atoms with van der Waals surface area (Å²) in [5, 5.41) is 12.4. The molecule has 0 spiro atoms. The highest BCUT2D eigenvalue weighted by Gasteiger charge is 2.18. The lowest BCUT2D eigenvalue weighted by molar-refractivity contribution is 0.266. The van der Waals surface area contributed by atoms with Crippen molar-refractivity contribution < 1.29 is 0 Å². The Morgan fingerprint density at radius 2 is 2.06 bits per heavy atom. The molecule has 98 valence electrons. The van der Waals surface area contributed by atoms with Gasteiger partial charge < -0.3 is 5.32 Å². The van der Waals surface area contributed by atoms with Gasteiger partial charge in [0.1, 0.15) is 0 Å². The first kappa shape index (κ1) is 14.5. The SMILES string of the molecule is CC1CCCC(CCNCCC(C)(C)C#N)C1. The summed E-state index contributed by atoms with van der Waals surface area (Å²) in [5.41, 5.74) is -0.174. The maximum Gasteiger partial charge on any atom is 0.0684 e. The van der Waals surface area contributed by atoms with Crippen LogP contribution in [0.15, 0.2) is 0 Å². The summed E-state index contributed by atoms with van der Waals surface area (Å²) in [6, 6.07) is 2.35. The Labute approximate surface area is 107 Å². The van der Waals surface area contributed by atoms with Gasteiger partial charge in [-0.05, 0) is 58.0 Å². The van der Waals surface area contributed by atoms with Gasteiger partial charge in [-0.2, -0.15) is 5.26 Å². The van der Waals surface area contributed by atoms with Gasteiger partial charge in [-0.3, -0.25) is 0 Å². The van der Waals surface area contributed by atoms with Gasteiger partial charge in [-0.1, -0.05) is 26.2 Å². The van der Waals surface area contributed by atoms with Gasteiger partial charge in [0.2, 0.25) is 0 Å². The summed E-state index contributed by atoms with van der Waals surface area (Å²) in [5.74, 6) is 1.88. The summed E-state index contributed by atoms with van der Waals surface area (Å²) < 4.78 is 0. The Balaban J connectivity index is 2.03. The molecule has 1 aliphatic carbocycles. The summed E-state index contributed by atoms with van der Waals surface area (Å²) >= 11 is 0. The van der Waals surface area contributed by atoms with Crippen molar-refractivity contribution in [2.24, 2.45) is 17.3 Å². The van der Waals surface area contributed by atoms with E-state index in [0.29, 0.717) is 0 Å². The molecule has 0 amide bonds. The quantitative estimate of drug-likeness (QED) is 0.713. The summed E-state index contributed by atoms with van der Waals surface area (Å²) in [6.07, 6.45) is 7.97. The average molecular weight is 236 g/mol. The fraction of sp³-hybridized carbons (Fsp3) is 0.933. The van der Waals surface area contributed by atoms with Gasteiger partial charge in [0.25, 0.3) is 0 Å². The molecule has 2 unspecified atom stereocenters. The molecule has 0 aromatic carbocycles. The third-order valence-electron chi connectivity index (χ3n) is 4.00. The molecule has 1 N–H and O–H groups in total. The molecule has 1 aliphatic rings. The second-order valence-electron chi connectivity index (χ2n) is 6.42. The van der Waals surface area contributed by atoms with Gasteiger partial charge in [0.15, 0.2) is 0 Å². The van der Waals surface area contributed by atoms with Gasteiger partial charge in [0.05, 0.1) is 11.5 Å². The molecule has 2 atom stereocenters. The fourth-order valence-corrected chi connectivity index (χ4v) is 2.71. The van der Waals surface area contributed by atoms with E-state index in [-0.39, 0.29) is 5.41 Å². The number of hydrogen-bond donors (Lipinski definition) is 1. The van der Waals surface area contributed by atoms with Crippen LogP contribution in [0.5, 0.6) is 0 Å². The van der Waals surface area contributed by atoms with E-state index in [1.165, 1.54) is 32.1 Å².